The van der Waals surface area contributed by atoms with Crippen molar-refractivity contribution in [3.8, 4) is 0 Å². The highest BCUT2D eigenvalue weighted by Crippen LogP contribution is 2.34. The van der Waals surface area contributed by atoms with E-state index in [2.05, 4.69) is 9.47 Å². The van der Waals surface area contributed by atoms with E-state index < -0.39 is 63.4 Å². The third-order valence-electron chi connectivity index (χ3n) is 3.00. The van der Waals surface area contributed by atoms with E-state index in [0.717, 1.165) is 0 Å². The fourth-order valence-corrected chi connectivity index (χ4v) is 1.70. The van der Waals surface area contributed by atoms with Crippen molar-refractivity contribution in [2.24, 2.45) is 5.92 Å². The first-order valence-electron chi connectivity index (χ1n) is 5.65. The standard InChI is InChI=1S/C7H8F2N4O10/c8-6(10(14)15,11(16)17)3-23-5-1-4(2-22-5)7(9,12(18)19)13(20)21/h4-5H,1-3H2/t4-,5-/m1/s1. The van der Waals surface area contributed by atoms with E-state index in [0.29, 0.717) is 0 Å². The Morgan fingerprint density at radius 3 is 1.87 bits per heavy atom. The number of nitrogens with zero attached hydrogens (tertiary/aromatic N) is 4. The number of alkyl halides is 2. The van der Waals surface area contributed by atoms with Crippen molar-refractivity contribution in [1.29, 1.82) is 0 Å². The molecule has 0 spiro atoms. The van der Waals surface area contributed by atoms with Gasteiger partial charge >= 0.3 is 11.8 Å². The van der Waals surface area contributed by atoms with Gasteiger partial charge in [0, 0.05) is 6.42 Å². The fourth-order valence-electron chi connectivity index (χ4n) is 1.70. The van der Waals surface area contributed by atoms with Crippen LogP contribution in [0.1, 0.15) is 6.42 Å². The van der Waals surface area contributed by atoms with E-state index in [9.17, 15) is 49.2 Å². The van der Waals surface area contributed by atoms with Crippen molar-refractivity contribution in [2.75, 3.05) is 13.2 Å². The SMILES string of the molecule is O=[N+]([O-])C(F)(CO[C@@H]1C[C@@H](C(F)([N+](=O)[O-])[N+](=O)[O-])CO1)[N+](=O)[O-]. The van der Waals surface area contributed by atoms with E-state index in [1.807, 2.05) is 0 Å². The molecule has 1 heterocycles. The van der Waals surface area contributed by atoms with Crippen LogP contribution in [0.4, 0.5) is 8.78 Å². The normalized spacial score (nSPS) is 21.8. The summed E-state index contributed by atoms with van der Waals surface area (Å²) >= 11 is 0. The summed E-state index contributed by atoms with van der Waals surface area (Å²) in [5.74, 6) is -10.2. The van der Waals surface area contributed by atoms with Gasteiger partial charge in [-0.2, -0.15) is 0 Å². The van der Waals surface area contributed by atoms with Gasteiger partial charge in [-0.05, 0) is 0 Å². The number of rotatable bonds is 8. The van der Waals surface area contributed by atoms with Crippen LogP contribution in [0.15, 0.2) is 0 Å². The summed E-state index contributed by atoms with van der Waals surface area (Å²) in [6.07, 6.45) is -2.55. The Morgan fingerprint density at radius 2 is 1.48 bits per heavy atom. The van der Waals surface area contributed by atoms with Gasteiger partial charge in [-0.15, -0.1) is 0 Å². The van der Waals surface area contributed by atoms with Crippen LogP contribution in [0, 0.1) is 46.4 Å². The lowest BCUT2D eigenvalue weighted by Gasteiger charge is -2.14. The maximum Gasteiger partial charge on any atom is 0.637 e. The zero-order chi connectivity index (χ0) is 18.0. The van der Waals surface area contributed by atoms with E-state index in [1.54, 1.807) is 0 Å². The summed E-state index contributed by atoms with van der Waals surface area (Å²) in [6, 6.07) is 0. The molecule has 0 aromatic heterocycles. The summed E-state index contributed by atoms with van der Waals surface area (Å²) in [5, 5.41) is 41.6. The van der Waals surface area contributed by atoms with Gasteiger partial charge < -0.3 is 9.47 Å². The Labute approximate surface area is 123 Å². The molecule has 130 valence electrons. The average molecular weight is 346 g/mol. The van der Waals surface area contributed by atoms with Crippen molar-refractivity contribution >= 4 is 0 Å². The molecule has 0 N–H and O–H groups in total. The van der Waals surface area contributed by atoms with Crippen molar-refractivity contribution in [3.63, 3.8) is 0 Å². The molecule has 0 bridgehead atoms. The van der Waals surface area contributed by atoms with Crippen LogP contribution in [0.25, 0.3) is 0 Å². The van der Waals surface area contributed by atoms with E-state index in [-0.39, 0.29) is 0 Å². The van der Waals surface area contributed by atoms with Gasteiger partial charge in [0.2, 0.25) is 6.61 Å². The molecule has 0 unspecified atom stereocenters. The predicted octanol–water partition coefficient (Wildman–Crippen LogP) is -0.281. The van der Waals surface area contributed by atoms with E-state index in [4.69, 9.17) is 0 Å². The Morgan fingerprint density at radius 1 is 1.00 bits per heavy atom. The molecule has 0 amide bonds. The molecule has 0 radical (unpaired) electrons. The van der Waals surface area contributed by atoms with Crippen molar-refractivity contribution in [3.05, 3.63) is 40.5 Å². The van der Waals surface area contributed by atoms with Crippen LogP contribution >= 0.6 is 0 Å². The number of ether oxygens (including phenoxy) is 2. The summed E-state index contributed by atoms with van der Waals surface area (Å²) in [7, 11) is 0. The topological polar surface area (TPSA) is 191 Å². The maximum atomic E-state index is 13.8. The van der Waals surface area contributed by atoms with Crippen molar-refractivity contribution in [1.82, 2.24) is 0 Å². The molecule has 0 saturated carbocycles. The van der Waals surface area contributed by atoms with Gasteiger partial charge in [-0.3, -0.25) is 40.5 Å². The second-order valence-corrected chi connectivity index (χ2v) is 4.39. The molecule has 1 fully saturated rings. The molecular formula is C7H8F2N4O10. The largest absolute Gasteiger partial charge is 0.637 e. The van der Waals surface area contributed by atoms with Crippen LogP contribution in [-0.4, -0.2) is 51.0 Å². The molecule has 14 nitrogen and oxygen atoms in total. The molecular weight excluding hydrogens is 338 g/mol. The smallest absolute Gasteiger partial charge is 0.352 e. The summed E-state index contributed by atoms with van der Waals surface area (Å²) in [4.78, 5) is 34.3. The fraction of sp³-hybridized carbons (Fsp3) is 1.00. The number of hydrogen-bond acceptors (Lipinski definition) is 10. The van der Waals surface area contributed by atoms with Crippen molar-refractivity contribution in [2.45, 2.75) is 24.5 Å². The number of halogens is 2. The zero-order valence-corrected chi connectivity index (χ0v) is 10.9. The second kappa shape index (κ2) is 6.24. The quantitative estimate of drug-likeness (QED) is 0.244. The van der Waals surface area contributed by atoms with Gasteiger partial charge in [-0.1, -0.05) is 8.78 Å². The van der Waals surface area contributed by atoms with Crippen LogP contribution in [0.5, 0.6) is 0 Å². The molecule has 0 aromatic carbocycles. The molecule has 1 saturated heterocycles. The molecule has 1 rings (SSSR count). The monoisotopic (exact) mass is 346 g/mol. The third kappa shape index (κ3) is 3.26. The highest BCUT2D eigenvalue weighted by molar-refractivity contribution is 4.75. The lowest BCUT2D eigenvalue weighted by atomic mass is 10.0. The molecule has 0 aromatic rings. The Balaban J connectivity index is 2.75. The Bertz CT molecular complexity index is 515. The summed E-state index contributed by atoms with van der Waals surface area (Å²) < 4.78 is 36.2. The lowest BCUT2D eigenvalue weighted by molar-refractivity contribution is -0.841. The average Bonchev–Trinajstić information content (AvgIpc) is 2.91. The highest BCUT2D eigenvalue weighted by atomic mass is 19.2. The molecule has 16 heteroatoms. The van der Waals surface area contributed by atoms with Gasteiger partial charge in [0.1, 0.15) is 19.7 Å². The highest BCUT2D eigenvalue weighted by Gasteiger charge is 2.67. The van der Waals surface area contributed by atoms with Crippen LogP contribution < -0.4 is 0 Å². The minimum absolute atomic E-state index is 0.829. The number of hydrogen-bond donors (Lipinski definition) is 0. The molecule has 0 aliphatic carbocycles. The molecule has 23 heavy (non-hydrogen) atoms. The van der Waals surface area contributed by atoms with Gasteiger partial charge in [0.15, 0.2) is 12.2 Å². The molecule has 1 aliphatic rings. The first kappa shape index (κ1) is 18.4. The predicted molar refractivity (Wildman–Crippen MR) is 59.5 cm³/mol. The van der Waals surface area contributed by atoms with Crippen LogP contribution in [0.2, 0.25) is 0 Å². The molecule has 2 atom stereocenters. The summed E-state index contributed by atoms with van der Waals surface area (Å²) in [5.41, 5.74) is 0. The number of nitro groups is 4. The molecule has 1 aliphatic heterocycles. The van der Waals surface area contributed by atoms with Gasteiger partial charge in [-0.25, -0.2) is 0 Å². The summed E-state index contributed by atoms with van der Waals surface area (Å²) in [6.45, 7) is -2.61. The van der Waals surface area contributed by atoms with Crippen LogP contribution in [0.3, 0.4) is 0 Å². The first-order valence-corrected chi connectivity index (χ1v) is 5.65. The van der Waals surface area contributed by atoms with Crippen molar-refractivity contribution < 1.29 is 37.9 Å². The Hall–Kier alpha value is -2.62. The van der Waals surface area contributed by atoms with E-state index in [1.165, 1.54) is 0 Å². The zero-order valence-electron chi connectivity index (χ0n) is 10.9. The van der Waals surface area contributed by atoms with Gasteiger partial charge in [0.25, 0.3) is 0 Å². The van der Waals surface area contributed by atoms with Crippen LogP contribution in [-0.2, 0) is 9.47 Å². The van der Waals surface area contributed by atoms with E-state index >= 15 is 0 Å². The van der Waals surface area contributed by atoms with Gasteiger partial charge in [0.05, 0.1) is 6.61 Å². The Kier molecular flexibility index (Phi) is 5.00. The first-order chi connectivity index (χ1) is 10.5. The minimum Gasteiger partial charge on any atom is -0.352 e. The minimum atomic E-state index is -4.21. The third-order valence-corrected chi connectivity index (χ3v) is 3.00. The maximum absolute atomic E-state index is 13.8. The second-order valence-electron chi connectivity index (χ2n) is 4.39. The lowest BCUT2D eigenvalue weighted by Crippen LogP contribution is -2.49.